The number of hydrogen-bond donors (Lipinski definition) is 0. The summed E-state index contributed by atoms with van der Waals surface area (Å²) in [4.78, 5) is 11.1. The van der Waals surface area contributed by atoms with Crippen molar-refractivity contribution in [1.82, 2.24) is 0 Å². The van der Waals surface area contributed by atoms with Gasteiger partial charge in [-0.15, -0.1) is 0 Å². The third-order valence-electron chi connectivity index (χ3n) is 3.38. The van der Waals surface area contributed by atoms with Crippen LogP contribution in [0.5, 0.6) is 0 Å². The lowest BCUT2D eigenvalue weighted by Crippen LogP contribution is -1.93. The Bertz CT molecular complexity index is 408. The maximum Gasteiger partial charge on any atom is 0.132 e. The quantitative estimate of drug-likeness (QED) is 0.252. The van der Waals surface area contributed by atoms with Crippen molar-refractivity contribution in [2.24, 2.45) is 0 Å². The van der Waals surface area contributed by atoms with Crippen molar-refractivity contribution in [2.75, 3.05) is 0 Å². The Morgan fingerprint density at radius 1 is 0.652 bits per heavy atom. The summed E-state index contributed by atoms with van der Waals surface area (Å²) in [5.41, 5.74) is 0. The summed E-state index contributed by atoms with van der Waals surface area (Å²) in [7, 11) is 0. The van der Waals surface area contributed by atoms with Crippen LogP contribution in [0.2, 0.25) is 0 Å². The molecule has 0 aromatic rings. The number of unbranched alkanes of at least 4 members (excludes halogenated alkanes) is 1. The molecule has 0 radical (unpaired) electrons. The van der Waals surface area contributed by atoms with Crippen molar-refractivity contribution >= 4 is 5.78 Å². The average molecular weight is 315 g/mol. The number of carbonyl (C=O) groups is 1. The lowest BCUT2D eigenvalue weighted by Gasteiger charge is -1.93. The minimum atomic E-state index is 0.373. The first-order valence-electron chi connectivity index (χ1n) is 9.07. The van der Waals surface area contributed by atoms with Gasteiger partial charge in [-0.3, -0.25) is 4.79 Å². The molecule has 0 aromatic carbocycles. The molecule has 0 atom stereocenters. The van der Waals surface area contributed by atoms with Gasteiger partial charge in [-0.2, -0.15) is 0 Å². The Kier molecular flexibility index (Phi) is 17.1. The number of rotatable bonds is 14. The number of carbonyl (C=O) groups excluding carboxylic acids is 1. The van der Waals surface area contributed by atoms with Crippen LogP contribution in [0.1, 0.15) is 71.6 Å². The monoisotopic (exact) mass is 314 g/mol. The first-order valence-corrected chi connectivity index (χ1v) is 9.07. The van der Waals surface area contributed by atoms with E-state index in [4.69, 9.17) is 0 Å². The maximum absolute atomic E-state index is 11.1. The molecule has 1 heteroatoms. The van der Waals surface area contributed by atoms with Crippen molar-refractivity contribution in [1.29, 1.82) is 0 Å². The zero-order valence-electron chi connectivity index (χ0n) is 15.0. The lowest BCUT2D eigenvalue weighted by atomic mass is 10.1. The van der Waals surface area contributed by atoms with Crippen LogP contribution in [0.25, 0.3) is 0 Å². The summed E-state index contributed by atoms with van der Waals surface area (Å²) < 4.78 is 0. The molecule has 1 nitrogen and oxygen atoms in total. The summed E-state index contributed by atoms with van der Waals surface area (Å²) in [6, 6.07) is 0. The molecule has 128 valence electrons. The molecule has 0 N–H and O–H groups in total. The van der Waals surface area contributed by atoms with E-state index in [1.807, 2.05) is 6.92 Å². The van der Waals surface area contributed by atoms with E-state index in [1.54, 1.807) is 0 Å². The van der Waals surface area contributed by atoms with E-state index >= 15 is 0 Å². The standard InChI is InChI=1S/C22H34O/c1-3-5-6-7-8-9-10-11-12-13-14-15-16-17-18-19-20-21-22(23)4-2/h5-6,8-9,11-12,14-15,17-18H,3-4,7,10,13,16,19-21H2,1-2H3/b6-5-,9-8-,12-11-,15-14-,18-17-. The molecule has 0 unspecified atom stereocenters. The van der Waals surface area contributed by atoms with E-state index in [0.717, 1.165) is 51.4 Å². The first-order chi connectivity index (χ1) is 11.3. The molecular weight excluding hydrogens is 280 g/mol. The molecule has 0 fully saturated rings. The molecule has 0 rings (SSSR count). The maximum atomic E-state index is 11.1. The number of hydrogen-bond acceptors (Lipinski definition) is 1. The molecule has 0 heterocycles. The van der Waals surface area contributed by atoms with Crippen LogP contribution in [0.3, 0.4) is 0 Å². The fourth-order valence-corrected chi connectivity index (χ4v) is 1.96. The van der Waals surface area contributed by atoms with Gasteiger partial charge in [-0.25, -0.2) is 0 Å². The van der Waals surface area contributed by atoms with Crippen molar-refractivity contribution in [3.05, 3.63) is 60.8 Å². The second-order valence-electron chi connectivity index (χ2n) is 5.49. The number of ketones is 1. The van der Waals surface area contributed by atoms with Crippen LogP contribution in [-0.2, 0) is 4.79 Å². The fourth-order valence-electron chi connectivity index (χ4n) is 1.96. The van der Waals surface area contributed by atoms with Crippen molar-refractivity contribution in [3.63, 3.8) is 0 Å². The topological polar surface area (TPSA) is 17.1 Å². The molecule has 0 amide bonds. The average Bonchev–Trinajstić information content (AvgIpc) is 2.57. The minimum Gasteiger partial charge on any atom is -0.300 e. The van der Waals surface area contributed by atoms with Crippen molar-refractivity contribution in [3.8, 4) is 0 Å². The van der Waals surface area contributed by atoms with E-state index in [-0.39, 0.29) is 0 Å². The Morgan fingerprint density at radius 2 is 1.09 bits per heavy atom. The van der Waals surface area contributed by atoms with E-state index in [9.17, 15) is 4.79 Å². The second kappa shape index (κ2) is 18.4. The summed E-state index contributed by atoms with van der Waals surface area (Å²) in [6.45, 7) is 4.08. The smallest absolute Gasteiger partial charge is 0.132 e. The number of allylic oxidation sites excluding steroid dienone is 10. The number of Topliss-reactive ketones (excluding diaryl/α,β-unsaturated/α-hetero) is 1. The second-order valence-corrected chi connectivity index (χ2v) is 5.49. The van der Waals surface area contributed by atoms with Gasteiger partial charge >= 0.3 is 0 Å². The Hall–Kier alpha value is -1.63. The van der Waals surface area contributed by atoms with Gasteiger partial charge in [0.2, 0.25) is 0 Å². The molecule has 0 spiro atoms. The summed E-state index contributed by atoms with van der Waals surface area (Å²) in [5.74, 6) is 0.373. The normalized spacial score (nSPS) is 12.8. The highest BCUT2D eigenvalue weighted by Crippen LogP contribution is 2.01. The van der Waals surface area contributed by atoms with Crippen LogP contribution >= 0.6 is 0 Å². The zero-order chi connectivity index (χ0) is 17.0. The molecule has 0 saturated carbocycles. The summed E-state index contributed by atoms with van der Waals surface area (Å²) >= 11 is 0. The van der Waals surface area contributed by atoms with Crippen LogP contribution < -0.4 is 0 Å². The molecular formula is C22H34O. The van der Waals surface area contributed by atoms with Crippen molar-refractivity contribution in [2.45, 2.75) is 71.6 Å². The SMILES string of the molecule is CC/C=C\C/C=C\C/C=C\C/C=C\C/C=C\CCCC(=O)CC. The predicted octanol–water partition coefficient (Wildman–Crippen LogP) is 6.89. The van der Waals surface area contributed by atoms with Gasteiger partial charge in [-0.05, 0) is 44.9 Å². The summed E-state index contributed by atoms with van der Waals surface area (Å²) in [6.07, 6.45) is 30.6. The zero-order valence-corrected chi connectivity index (χ0v) is 15.0. The molecule has 0 aliphatic carbocycles. The van der Waals surface area contributed by atoms with E-state index < -0.39 is 0 Å². The third-order valence-corrected chi connectivity index (χ3v) is 3.38. The van der Waals surface area contributed by atoms with Crippen LogP contribution in [0.15, 0.2) is 60.8 Å². The van der Waals surface area contributed by atoms with Crippen LogP contribution in [-0.4, -0.2) is 5.78 Å². The Morgan fingerprint density at radius 3 is 1.52 bits per heavy atom. The highest BCUT2D eigenvalue weighted by atomic mass is 16.1. The molecule has 23 heavy (non-hydrogen) atoms. The van der Waals surface area contributed by atoms with Gasteiger partial charge in [0.1, 0.15) is 5.78 Å². The highest BCUT2D eigenvalue weighted by Gasteiger charge is 1.94. The Balaban J connectivity index is 3.47. The molecule has 0 aliphatic heterocycles. The summed E-state index contributed by atoms with van der Waals surface area (Å²) in [5, 5.41) is 0. The highest BCUT2D eigenvalue weighted by molar-refractivity contribution is 5.77. The van der Waals surface area contributed by atoms with Gasteiger partial charge in [0.05, 0.1) is 0 Å². The van der Waals surface area contributed by atoms with Gasteiger partial charge in [0.15, 0.2) is 0 Å². The third kappa shape index (κ3) is 18.3. The van der Waals surface area contributed by atoms with Gasteiger partial charge in [0, 0.05) is 12.8 Å². The molecule has 0 aliphatic rings. The van der Waals surface area contributed by atoms with Gasteiger partial charge in [0.25, 0.3) is 0 Å². The largest absolute Gasteiger partial charge is 0.300 e. The van der Waals surface area contributed by atoms with Gasteiger partial charge in [-0.1, -0.05) is 74.6 Å². The van der Waals surface area contributed by atoms with Gasteiger partial charge < -0.3 is 0 Å². The first kappa shape index (κ1) is 21.4. The van der Waals surface area contributed by atoms with E-state index in [2.05, 4.69) is 67.7 Å². The predicted molar refractivity (Wildman–Crippen MR) is 104 cm³/mol. The van der Waals surface area contributed by atoms with Crippen LogP contribution in [0, 0.1) is 0 Å². The van der Waals surface area contributed by atoms with E-state index in [1.165, 1.54) is 0 Å². The lowest BCUT2D eigenvalue weighted by molar-refractivity contribution is -0.118. The fraction of sp³-hybridized carbons (Fsp3) is 0.500. The molecule has 0 aromatic heterocycles. The molecule has 0 bridgehead atoms. The molecule has 0 saturated heterocycles. The Labute approximate surface area is 143 Å². The van der Waals surface area contributed by atoms with Crippen LogP contribution in [0.4, 0.5) is 0 Å². The minimum absolute atomic E-state index is 0.373. The van der Waals surface area contributed by atoms with Crippen molar-refractivity contribution < 1.29 is 4.79 Å². The van der Waals surface area contributed by atoms with E-state index in [0.29, 0.717) is 12.2 Å².